The van der Waals surface area contributed by atoms with E-state index >= 15 is 0 Å². The van der Waals surface area contributed by atoms with Gasteiger partial charge in [-0.3, -0.25) is 9.35 Å². The zero-order valence-electron chi connectivity index (χ0n) is 8.75. The Kier molecular flexibility index (Phi) is 4.03. The third-order valence-electron chi connectivity index (χ3n) is 2.07. The van der Waals surface area contributed by atoms with Crippen LogP contribution in [0.1, 0.15) is 17.7 Å². The van der Waals surface area contributed by atoms with Gasteiger partial charge >= 0.3 is 0 Å². The van der Waals surface area contributed by atoms with Crippen LogP contribution in [0.4, 0.5) is 0 Å². The number of hydrogen-bond acceptors (Lipinski definition) is 3. The van der Waals surface area contributed by atoms with Crippen molar-refractivity contribution in [1.29, 1.82) is 0 Å². The fraction of sp³-hybridized carbons (Fsp3) is 0.300. The van der Waals surface area contributed by atoms with Gasteiger partial charge in [0, 0.05) is 13.5 Å². The third kappa shape index (κ3) is 3.63. The van der Waals surface area contributed by atoms with Gasteiger partial charge in [0.1, 0.15) is 5.25 Å². The Bertz CT molecular complexity index is 455. The summed E-state index contributed by atoms with van der Waals surface area (Å²) in [6.45, 7) is 1.14. The Hall–Kier alpha value is -1.40. The van der Waals surface area contributed by atoms with Crippen molar-refractivity contribution in [2.45, 2.75) is 12.2 Å². The smallest absolute Gasteiger partial charge is 0.273 e. The molecule has 1 atom stereocenters. The minimum absolute atomic E-state index is 0.141. The predicted molar refractivity (Wildman–Crippen MR) is 59.4 cm³/mol. The summed E-state index contributed by atoms with van der Waals surface area (Å²) in [6.07, 6.45) is 0. The first-order valence-corrected chi connectivity index (χ1v) is 6.17. The molecule has 0 radical (unpaired) electrons. The summed E-state index contributed by atoms with van der Waals surface area (Å²) in [5.74, 6) is -0.343. The fourth-order valence-corrected chi connectivity index (χ4v) is 2.09. The molecule has 0 spiro atoms. The Morgan fingerprint density at radius 2 is 1.94 bits per heavy atom. The molecule has 16 heavy (non-hydrogen) atoms. The summed E-state index contributed by atoms with van der Waals surface area (Å²) in [5, 5.41) is 1.25. The van der Waals surface area contributed by atoms with E-state index in [4.69, 9.17) is 4.55 Å². The third-order valence-corrected chi connectivity index (χ3v) is 3.23. The van der Waals surface area contributed by atoms with Crippen LogP contribution < -0.4 is 5.32 Å². The van der Waals surface area contributed by atoms with Crippen molar-refractivity contribution in [3.8, 4) is 0 Å². The number of nitrogens with one attached hydrogen (secondary N) is 1. The van der Waals surface area contributed by atoms with Crippen molar-refractivity contribution in [1.82, 2.24) is 5.32 Å². The van der Waals surface area contributed by atoms with Crippen molar-refractivity contribution in [2.24, 2.45) is 0 Å². The number of rotatable bonds is 4. The van der Waals surface area contributed by atoms with Gasteiger partial charge in [-0.25, -0.2) is 0 Å². The maximum Gasteiger partial charge on any atom is 0.273 e. The minimum Gasteiger partial charge on any atom is -0.355 e. The topological polar surface area (TPSA) is 83.5 Å². The number of hydrogen-bond donors (Lipinski definition) is 2. The number of carbonyl (C=O) groups excluding carboxylic acids is 1. The average Bonchev–Trinajstić information content (AvgIpc) is 2.17. The number of carbonyl (C=O) groups is 1. The molecule has 0 aliphatic rings. The molecule has 0 bridgehead atoms. The van der Waals surface area contributed by atoms with Crippen LogP contribution in [0.25, 0.3) is 0 Å². The second-order valence-electron chi connectivity index (χ2n) is 3.35. The molecule has 1 rings (SSSR count). The first-order valence-electron chi connectivity index (χ1n) is 4.67. The first kappa shape index (κ1) is 12.7. The van der Waals surface area contributed by atoms with Crippen molar-refractivity contribution >= 4 is 16.0 Å². The Balaban J connectivity index is 2.94. The average molecular weight is 243 g/mol. The monoisotopic (exact) mass is 243 g/mol. The van der Waals surface area contributed by atoms with E-state index in [-0.39, 0.29) is 12.5 Å². The lowest BCUT2D eigenvalue weighted by Crippen LogP contribution is -2.29. The Morgan fingerprint density at radius 1 is 1.38 bits per heavy atom. The van der Waals surface area contributed by atoms with Crippen LogP contribution >= 0.6 is 0 Å². The maximum atomic E-state index is 11.1. The van der Waals surface area contributed by atoms with Crippen LogP contribution in [-0.4, -0.2) is 25.4 Å². The summed E-state index contributed by atoms with van der Waals surface area (Å²) in [7, 11) is -4.23. The highest BCUT2D eigenvalue weighted by molar-refractivity contribution is 7.86. The quantitative estimate of drug-likeness (QED) is 0.764. The summed E-state index contributed by atoms with van der Waals surface area (Å²) in [5.41, 5.74) is 0.443. The van der Waals surface area contributed by atoms with Gasteiger partial charge in [-0.1, -0.05) is 30.3 Å². The van der Waals surface area contributed by atoms with Crippen LogP contribution in [0.3, 0.4) is 0 Å². The summed E-state index contributed by atoms with van der Waals surface area (Å²) >= 11 is 0. The highest BCUT2D eigenvalue weighted by Crippen LogP contribution is 2.20. The summed E-state index contributed by atoms with van der Waals surface area (Å²) < 4.78 is 31.4. The molecule has 88 valence electrons. The molecule has 0 saturated carbocycles. The molecular weight excluding hydrogens is 230 g/mol. The zero-order chi connectivity index (χ0) is 12.2. The highest BCUT2D eigenvalue weighted by Gasteiger charge is 2.24. The first-order chi connectivity index (χ1) is 7.41. The summed E-state index contributed by atoms with van der Waals surface area (Å²) in [4.78, 5) is 10.7. The molecule has 6 heteroatoms. The van der Waals surface area contributed by atoms with Gasteiger partial charge in [0.15, 0.2) is 0 Å². The molecule has 1 aromatic rings. The zero-order valence-corrected chi connectivity index (χ0v) is 9.57. The van der Waals surface area contributed by atoms with Crippen LogP contribution in [0.15, 0.2) is 30.3 Å². The highest BCUT2D eigenvalue weighted by atomic mass is 32.2. The van der Waals surface area contributed by atoms with E-state index in [2.05, 4.69) is 5.32 Å². The van der Waals surface area contributed by atoms with Crippen LogP contribution in [0, 0.1) is 0 Å². The van der Waals surface area contributed by atoms with E-state index in [1.165, 1.54) is 6.92 Å². The number of benzene rings is 1. The van der Waals surface area contributed by atoms with E-state index < -0.39 is 15.4 Å². The standard InChI is InChI=1S/C10H13NO4S/c1-8(12)11-7-10(16(13,14)15)9-5-3-2-4-6-9/h2-6,10H,7H2,1H3,(H,11,12)(H,13,14,15)/t10-/m0/s1. The normalized spacial score (nSPS) is 13.1. The van der Waals surface area contributed by atoms with Gasteiger partial charge < -0.3 is 5.32 Å². The van der Waals surface area contributed by atoms with Gasteiger partial charge in [-0.05, 0) is 5.56 Å². The molecular formula is C10H13NO4S. The van der Waals surface area contributed by atoms with E-state index in [0.29, 0.717) is 5.56 Å². The van der Waals surface area contributed by atoms with Gasteiger partial charge in [-0.2, -0.15) is 8.42 Å². The molecule has 5 nitrogen and oxygen atoms in total. The molecule has 0 aromatic heterocycles. The Morgan fingerprint density at radius 3 is 2.38 bits per heavy atom. The van der Waals surface area contributed by atoms with Crippen molar-refractivity contribution in [3.05, 3.63) is 35.9 Å². The van der Waals surface area contributed by atoms with Gasteiger partial charge in [0.05, 0.1) is 0 Å². The fourth-order valence-electron chi connectivity index (χ4n) is 1.30. The van der Waals surface area contributed by atoms with Crippen molar-refractivity contribution in [2.75, 3.05) is 6.54 Å². The predicted octanol–water partition coefficient (Wildman–Crippen LogP) is 0.752. The number of amides is 1. The van der Waals surface area contributed by atoms with Crippen LogP contribution in [-0.2, 0) is 14.9 Å². The maximum absolute atomic E-state index is 11.1. The molecule has 0 aliphatic carbocycles. The van der Waals surface area contributed by atoms with E-state index in [9.17, 15) is 13.2 Å². The van der Waals surface area contributed by atoms with E-state index in [0.717, 1.165) is 0 Å². The van der Waals surface area contributed by atoms with Crippen molar-refractivity contribution < 1.29 is 17.8 Å². The second kappa shape index (κ2) is 5.09. The summed E-state index contributed by atoms with van der Waals surface area (Å²) in [6, 6.07) is 8.24. The molecule has 0 unspecified atom stereocenters. The molecule has 0 heterocycles. The van der Waals surface area contributed by atoms with E-state index in [1.54, 1.807) is 30.3 Å². The van der Waals surface area contributed by atoms with Gasteiger partial charge in [-0.15, -0.1) is 0 Å². The van der Waals surface area contributed by atoms with Crippen LogP contribution in [0.2, 0.25) is 0 Å². The molecule has 0 fully saturated rings. The molecule has 1 aromatic carbocycles. The second-order valence-corrected chi connectivity index (χ2v) is 4.95. The van der Waals surface area contributed by atoms with Crippen LogP contribution in [0.5, 0.6) is 0 Å². The molecule has 0 saturated heterocycles. The van der Waals surface area contributed by atoms with E-state index in [1.807, 2.05) is 0 Å². The lowest BCUT2D eigenvalue weighted by molar-refractivity contribution is -0.118. The molecule has 0 aliphatic heterocycles. The SMILES string of the molecule is CC(=O)NC[C@@H](c1ccccc1)S(=O)(=O)O. The lowest BCUT2D eigenvalue weighted by Gasteiger charge is -2.14. The van der Waals surface area contributed by atoms with Crippen molar-refractivity contribution in [3.63, 3.8) is 0 Å². The van der Waals surface area contributed by atoms with Gasteiger partial charge in [0.2, 0.25) is 5.91 Å². The minimum atomic E-state index is -4.23. The largest absolute Gasteiger partial charge is 0.355 e. The molecule has 1 amide bonds. The van der Waals surface area contributed by atoms with Gasteiger partial charge in [0.25, 0.3) is 10.1 Å². The lowest BCUT2D eigenvalue weighted by atomic mass is 10.1. The Labute approximate surface area is 94.2 Å². The molecule has 2 N–H and O–H groups in total.